The van der Waals surface area contributed by atoms with Crippen molar-refractivity contribution in [1.82, 2.24) is 10.0 Å². The summed E-state index contributed by atoms with van der Waals surface area (Å²) >= 11 is 6.13. The fraction of sp³-hybridized carbons (Fsp3) is 0.600. The van der Waals surface area contributed by atoms with Crippen molar-refractivity contribution in [3.63, 3.8) is 0 Å². The van der Waals surface area contributed by atoms with Gasteiger partial charge in [0.05, 0.1) is 4.90 Å². The van der Waals surface area contributed by atoms with Crippen molar-refractivity contribution < 1.29 is 8.42 Å². The van der Waals surface area contributed by atoms with E-state index < -0.39 is 10.0 Å². The standard InChI is InChI=1S/C15H23ClN2O2S/c1-11(2)17-10-13-9-14(5-6-15(13)16)21(19,20)18-8-7-12-3-4-12/h5-6,9,11-12,17-18H,3-4,7-8,10H2,1-2H3. The highest BCUT2D eigenvalue weighted by atomic mass is 35.5. The van der Waals surface area contributed by atoms with Crippen molar-refractivity contribution in [2.45, 2.75) is 50.6 Å². The normalized spacial score (nSPS) is 15.6. The molecule has 0 saturated heterocycles. The van der Waals surface area contributed by atoms with E-state index in [9.17, 15) is 8.42 Å². The van der Waals surface area contributed by atoms with Crippen LogP contribution in [0.3, 0.4) is 0 Å². The minimum atomic E-state index is -3.44. The first-order valence-electron chi connectivity index (χ1n) is 7.40. The van der Waals surface area contributed by atoms with Crippen molar-refractivity contribution in [2.75, 3.05) is 6.54 Å². The molecule has 0 atom stereocenters. The van der Waals surface area contributed by atoms with Crippen molar-refractivity contribution >= 4 is 21.6 Å². The van der Waals surface area contributed by atoms with E-state index in [1.54, 1.807) is 18.2 Å². The molecule has 0 radical (unpaired) electrons. The Balaban J connectivity index is 2.04. The minimum Gasteiger partial charge on any atom is -0.310 e. The molecule has 0 aliphatic heterocycles. The van der Waals surface area contributed by atoms with Crippen LogP contribution in [0.4, 0.5) is 0 Å². The lowest BCUT2D eigenvalue weighted by Gasteiger charge is -2.12. The number of benzene rings is 1. The Morgan fingerprint density at radius 2 is 2.05 bits per heavy atom. The summed E-state index contributed by atoms with van der Waals surface area (Å²) in [5.41, 5.74) is 0.801. The maximum atomic E-state index is 12.3. The molecule has 0 bridgehead atoms. The molecule has 2 N–H and O–H groups in total. The molecule has 6 heteroatoms. The fourth-order valence-electron chi connectivity index (χ4n) is 2.06. The first kappa shape index (κ1) is 16.7. The number of hydrogen-bond donors (Lipinski definition) is 2. The lowest BCUT2D eigenvalue weighted by Crippen LogP contribution is -2.26. The van der Waals surface area contributed by atoms with Crippen molar-refractivity contribution in [1.29, 1.82) is 0 Å². The SMILES string of the molecule is CC(C)NCc1cc(S(=O)(=O)NCCC2CC2)ccc1Cl. The Kier molecular flexibility index (Phi) is 5.66. The van der Waals surface area contributed by atoms with Crippen LogP contribution >= 0.6 is 11.6 Å². The van der Waals surface area contributed by atoms with Crippen molar-refractivity contribution in [2.24, 2.45) is 5.92 Å². The number of sulfonamides is 1. The monoisotopic (exact) mass is 330 g/mol. The second kappa shape index (κ2) is 7.09. The molecule has 1 aromatic carbocycles. The molecule has 1 aliphatic carbocycles. The molecule has 0 spiro atoms. The zero-order valence-electron chi connectivity index (χ0n) is 12.5. The largest absolute Gasteiger partial charge is 0.310 e. The molecular formula is C15H23ClN2O2S. The summed E-state index contributed by atoms with van der Waals surface area (Å²) in [6.45, 7) is 5.14. The van der Waals surface area contributed by atoms with Crippen molar-refractivity contribution in [3.8, 4) is 0 Å². The predicted octanol–water partition coefficient (Wildman–Crippen LogP) is 2.92. The Morgan fingerprint density at radius 3 is 2.67 bits per heavy atom. The molecule has 21 heavy (non-hydrogen) atoms. The van der Waals surface area contributed by atoms with E-state index in [-0.39, 0.29) is 4.90 Å². The van der Waals surface area contributed by atoms with Crippen LogP contribution in [-0.2, 0) is 16.6 Å². The molecule has 1 aromatic rings. The van der Waals surface area contributed by atoms with E-state index in [2.05, 4.69) is 10.0 Å². The molecule has 0 heterocycles. The quantitative estimate of drug-likeness (QED) is 0.770. The Bertz CT molecular complexity index is 583. The Labute approximate surface area is 132 Å². The summed E-state index contributed by atoms with van der Waals surface area (Å²) in [4.78, 5) is 0.281. The van der Waals surface area contributed by atoms with Crippen LogP contribution in [0.1, 0.15) is 38.7 Å². The van der Waals surface area contributed by atoms with Crippen LogP contribution in [0.5, 0.6) is 0 Å². The van der Waals surface area contributed by atoms with Crippen LogP contribution in [-0.4, -0.2) is 21.0 Å². The van der Waals surface area contributed by atoms with Gasteiger partial charge in [-0.15, -0.1) is 0 Å². The summed E-state index contributed by atoms with van der Waals surface area (Å²) < 4.78 is 27.2. The molecule has 118 valence electrons. The predicted molar refractivity (Wildman–Crippen MR) is 86.0 cm³/mol. The summed E-state index contributed by atoms with van der Waals surface area (Å²) in [5, 5.41) is 3.83. The molecule has 4 nitrogen and oxygen atoms in total. The number of halogens is 1. The van der Waals surface area contributed by atoms with E-state index in [0.29, 0.717) is 30.1 Å². The first-order valence-corrected chi connectivity index (χ1v) is 9.26. The highest BCUT2D eigenvalue weighted by Crippen LogP contribution is 2.31. The van der Waals surface area contributed by atoms with Gasteiger partial charge in [-0.05, 0) is 36.1 Å². The highest BCUT2D eigenvalue weighted by Gasteiger charge is 2.22. The van der Waals surface area contributed by atoms with Gasteiger partial charge in [-0.25, -0.2) is 13.1 Å². The maximum absolute atomic E-state index is 12.3. The molecule has 0 amide bonds. The maximum Gasteiger partial charge on any atom is 0.240 e. The molecular weight excluding hydrogens is 308 g/mol. The second-order valence-corrected chi connectivity index (χ2v) is 8.09. The number of hydrogen-bond acceptors (Lipinski definition) is 3. The third-order valence-corrected chi connectivity index (χ3v) is 5.40. The summed E-state index contributed by atoms with van der Waals surface area (Å²) in [7, 11) is -3.44. The van der Waals surface area contributed by atoms with Crippen LogP contribution in [0.15, 0.2) is 23.1 Å². The fourth-order valence-corrected chi connectivity index (χ4v) is 3.34. The average molecular weight is 331 g/mol. The lowest BCUT2D eigenvalue weighted by molar-refractivity contribution is 0.573. The van der Waals surface area contributed by atoms with Gasteiger partial charge in [0.1, 0.15) is 0 Å². The van der Waals surface area contributed by atoms with E-state index >= 15 is 0 Å². The molecule has 0 aromatic heterocycles. The lowest BCUT2D eigenvalue weighted by atomic mass is 10.2. The van der Waals surface area contributed by atoms with Gasteiger partial charge in [-0.2, -0.15) is 0 Å². The van der Waals surface area contributed by atoms with Crippen LogP contribution in [0.25, 0.3) is 0 Å². The zero-order chi connectivity index (χ0) is 15.5. The zero-order valence-corrected chi connectivity index (χ0v) is 14.1. The van der Waals surface area contributed by atoms with Gasteiger partial charge in [-0.1, -0.05) is 38.3 Å². The minimum absolute atomic E-state index is 0.281. The second-order valence-electron chi connectivity index (χ2n) is 5.92. The number of nitrogens with one attached hydrogen (secondary N) is 2. The molecule has 1 saturated carbocycles. The first-order chi connectivity index (χ1) is 9.88. The van der Waals surface area contributed by atoms with Gasteiger partial charge in [0.2, 0.25) is 10.0 Å². The Hall–Kier alpha value is -0.620. The summed E-state index contributed by atoms with van der Waals surface area (Å²) in [5.74, 6) is 0.712. The van der Waals surface area contributed by atoms with Gasteiger partial charge in [0.15, 0.2) is 0 Å². The average Bonchev–Trinajstić information content (AvgIpc) is 3.21. The van der Waals surface area contributed by atoms with Gasteiger partial charge >= 0.3 is 0 Å². The van der Waals surface area contributed by atoms with Crippen LogP contribution in [0.2, 0.25) is 5.02 Å². The van der Waals surface area contributed by atoms with Gasteiger partial charge < -0.3 is 5.32 Å². The van der Waals surface area contributed by atoms with Gasteiger partial charge in [-0.3, -0.25) is 0 Å². The van der Waals surface area contributed by atoms with E-state index in [1.165, 1.54) is 12.8 Å². The van der Waals surface area contributed by atoms with Crippen LogP contribution < -0.4 is 10.0 Å². The van der Waals surface area contributed by atoms with E-state index in [4.69, 9.17) is 11.6 Å². The third-order valence-electron chi connectivity index (χ3n) is 3.57. The summed E-state index contributed by atoms with van der Waals surface area (Å²) in [6, 6.07) is 5.17. The molecule has 0 unspecified atom stereocenters. The van der Waals surface area contributed by atoms with Gasteiger partial charge in [0, 0.05) is 24.2 Å². The topological polar surface area (TPSA) is 58.2 Å². The van der Waals surface area contributed by atoms with Gasteiger partial charge in [0.25, 0.3) is 0 Å². The molecule has 2 rings (SSSR count). The smallest absolute Gasteiger partial charge is 0.240 e. The Morgan fingerprint density at radius 1 is 1.33 bits per heavy atom. The van der Waals surface area contributed by atoms with E-state index in [0.717, 1.165) is 12.0 Å². The molecule has 1 aliphatic rings. The van der Waals surface area contributed by atoms with Crippen molar-refractivity contribution in [3.05, 3.63) is 28.8 Å². The third kappa shape index (κ3) is 5.25. The summed E-state index contributed by atoms with van der Waals surface area (Å²) in [6.07, 6.45) is 3.38. The number of rotatable bonds is 8. The molecule has 1 fully saturated rings. The van der Waals surface area contributed by atoms with E-state index in [1.807, 2.05) is 13.8 Å². The highest BCUT2D eigenvalue weighted by molar-refractivity contribution is 7.89. The van der Waals surface area contributed by atoms with Crippen LogP contribution in [0, 0.1) is 5.92 Å².